The van der Waals surface area contributed by atoms with Gasteiger partial charge in [-0.25, -0.2) is 0 Å². The first kappa shape index (κ1) is 15.8. The summed E-state index contributed by atoms with van der Waals surface area (Å²) in [6, 6.07) is 7.84. The molecule has 1 aromatic rings. The number of fused-ring (bicyclic) bond motifs is 1. The zero-order valence-corrected chi connectivity index (χ0v) is 15.0. The molecule has 5 nitrogen and oxygen atoms in total. The number of hydrogen-bond donors (Lipinski definition) is 0. The van der Waals surface area contributed by atoms with Crippen LogP contribution >= 0.6 is 15.9 Å². The second-order valence-corrected chi connectivity index (χ2v) is 7.53. The summed E-state index contributed by atoms with van der Waals surface area (Å²) in [4.78, 5) is 27.1. The fraction of sp³-hybridized carbons (Fsp3) is 0.444. The van der Waals surface area contributed by atoms with Crippen molar-refractivity contribution in [3.63, 3.8) is 0 Å². The lowest BCUT2D eigenvalue weighted by Gasteiger charge is -2.27. The Morgan fingerprint density at radius 3 is 2.79 bits per heavy atom. The molecule has 3 aliphatic heterocycles. The van der Waals surface area contributed by atoms with Gasteiger partial charge in [-0.2, -0.15) is 0 Å². The number of hydrogen-bond acceptors (Lipinski definition) is 4. The largest absolute Gasteiger partial charge is 0.469 e. The van der Waals surface area contributed by atoms with Crippen LogP contribution in [0.25, 0.3) is 0 Å². The molecule has 3 heterocycles. The van der Waals surface area contributed by atoms with Gasteiger partial charge in [-0.1, -0.05) is 40.2 Å². The molecule has 2 fully saturated rings. The number of methoxy groups -OCH3 is 1. The van der Waals surface area contributed by atoms with Gasteiger partial charge in [0, 0.05) is 4.47 Å². The van der Waals surface area contributed by atoms with E-state index < -0.39 is 17.4 Å². The highest BCUT2D eigenvalue weighted by Gasteiger charge is 2.67. The van der Waals surface area contributed by atoms with Crippen molar-refractivity contribution < 1.29 is 19.1 Å². The van der Waals surface area contributed by atoms with E-state index in [4.69, 9.17) is 9.47 Å². The lowest BCUT2D eigenvalue weighted by Crippen LogP contribution is -2.39. The molecule has 0 radical (unpaired) electrons. The van der Waals surface area contributed by atoms with E-state index in [-0.39, 0.29) is 24.0 Å². The minimum atomic E-state index is -0.690. The zero-order valence-electron chi connectivity index (χ0n) is 13.4. The monoisotopic (exact) mass is 391 g/mol. The van der Waals surface area contributed by atoms with Crippen LogP contribution in [0.3, 0.4) is 0 Å². The lowest BCUT2D eigenvalue weighted by molar-refractivity contribution is -0.151. The Kier molecular flexibility index (Phi) is 3.58. The fourth-order valence-electron chi connectivity index (χ4n) is 4.18. The Hall–Kier alpha value is -1.66. The van der Waals surface area contributed by atoms with E-state index in [0.717, 1.165) is 10.0 Å². The predicted molar refractivity (Wildman–Crippen MR) is 90.0 cm³/mol. The summed E-state index contributed by atoms with van der Waals surface area (Å²) in [5, 5.41) is 0. The first-order chi connectivity index (χ1) is 11.5. The first-order valence-corrected chi connectivity index (χ1v) is 8.77. The van der Waals surface area contributed by atoms with Gasteiger partial charge in [-0.3, -0.25) is 9.59 Å². The van der Waals surface area contributed by atoms with E-state index in [0.29, 0.717) is 6.54 Å². The SMILES string of the molecule is COC(=O)[C@H]1[C@H]2C=C[C@]3(CN([C@H](C)c4ccc(Br)cc4)C(=O)[C@@H]13)O2. The average Bonchev–Trinajstić information content (AvgIpc) is 3.22. The normalized spacial score (nSPS) is 34.5. The summed E-state index contributed by atoms with van der Waals surface area (Å²) < 4.78 is 11.9. The molecule has 2 bridgehead atoms. The van der Waals surface area contributed by atoms with Crippen LogP contribution in [0.1, 0.15) is 18.5 Å². The first-order valence-electron chi connectivity index (χ1n) is 7.98. The number of esters is 1. The van der Waals surface area contributed by atoms with Gasteiger partial charge in [0.2, 0.25) is 5.91 Å². The number of benzene rings is 1. The molecule has 0 aliphatic carbocycles. The van der Waals surface area contributed by atoms with Gasteiger partial charge in [-0.05, 0) is 24.6 Å². The van der Waals surface area contributed by atoms with Crippen molar-refractivity contribution in [2.75, 3.05) is 13.7 Å². The molecule has 0 aromatic heterocycles. The third-order valence-electron chi connectivity index (χ3n) is 5.42. The molecule has 2 saturated heterocycles. The molecule has 126 valence electrons. The molecule has 4 rings (SSSR count). The highest BCUT2D eigenvalue weighted by Crippen LogP contribution is 2.53. The topological polar surface area (TPSA) is 55.8 Å². The van der Waals surface area contributed by atoms with E-state index in [1.807, 2.05) is 48.2 Å². The fourth-order valence-corrected chi connectivity index (χ4v) is 4.45. The number of nitrogens with zero attached hydrogens (tertiary/aromatic N) is 1. The van der Waals surface area contributed by atoms with Gasteiger partial charge >= 0.3 is 5.97 Å². The summed E-state index contributed by atoms with van der Waals surface area (Å²) >= 11 is 3.43. The number of halogens is 1. The summed E-state index contributed by atoms with van der Waals surface area (Å²) in [5.41, 5.74) is 0.362. The summed E-state index contributed by atoms with van der Waals surface area (Å²) in [6.07, 6.45) is 3.49. The van der Waals surface area contributed by atoms with Crippen LogP contribution < -0.4 is 0 Å². The Bertz CT molecular complexity index is 731. The third-order valence-corrected chi connectivity index (χ3v) is 5.95. The number of rotatable bonds is 3. The van der Waals surface area contributed by atoms with Gasteiger partial charge in [0.05, 0.1) is 31.7 Å². The number of carbonyl (C=O) groups excluding carboxylic acids is 2. The molecule has 6 heteroatoms. The molecule has 1 spiro atoms. The van der Waals surface area contributed by atoms with Gasteiger partial charge < -0.3 is 14.4 Å². The van der Waals surface area contributed by atoms with Crippen molar-refractivity contribution in [2.24, 2.45) is 11.8 Å². The van der Waals surface area contributed by atoms with Crippen molar-refractivity contribution in [3.05, 3.63) is 46.5 Å². The summed E-state index contributed by atoms with van der Waals surface area (Å²) in [6.45, 7) is 2.47. The van der Waals surface area contributed by atoms with Gasteiger partial charge in [-0.15, -0.1) is 0 Å². The smallest absolute Gasteiger partial charge is 0.312 e. The average molecular weight is 392 g/mol. The number of amides is 1. The molecule has 1 amide bonds. The van der Waals surface area contributed by atoms with E-state index in [1.54, 1.807) is 0 Å². The van der Waals surface area contributed by atoms with Crippen LogP contribution in [0.15, 0.2) is 40.9 Å². The van der Waals surface area contributed by atoms with Gasteiger partial charge in [0.1, 0.15) is 11.5 Å². The maximum Gasteiger partial charge on any atom is 0.312 e. The Balaban J connectivity index is 1.65. The molecular formula is C18H18BrNO4. The van der Waals surface area contributed by atoms with E-state index in [1.165, 1.54) is 7.11 Å². The molecule has 0 saturated carbocycles. The predicted octanol–water partition coefficient (Wildman–Crippen LogP) is 2.47. The summed E-state index contributed by atoms with van der Waals surface area (Å²) in [7, 11) is 1.35. The molecule has 3 aliphatic rings. The molecule has 0 unspecified atom stereocenters. The second-order valence-electron chi connectivity index (χ2n) is 6.62. The Labute approximate surface area is 148 Å². The van der Waals surface area contributed by atoms with Crippen molar-refractivity contribution in [2.45, 2.75) is 24.7 Å². The van der Waals surface area contributed by atoms with Crippen molar-refractivity contribution in [1.82, 2.24) is 4.90 Å². The molecule has 5 atom stereocenters. The number of carbonyl (C=O) groups is 2. The molecule has 24 heavy (non-hydrogen) atoms. The van der Waals surface area contributed by atoms with E-state index in [9.17, 15) is 9.59 Å². The van der Waals surface area contributed by atoms with E-state index >= 15 is 0 Å². The summed E-state index contributed by atoms with van der Waals surface area (Å²) in [5.74, 6) is -1.44. The minimum Gasteiger partial charge on any atom is -0.469 e. The van der Waals surface area contributed by atoms with Crippen LogP contribution in [-0.4, -0.2) is 42.1 Å². The van der Waals surface area contributed by atoms with Crippen LogP contribution in [-0.2, 0) is 19.1 Å². The maximum atomic E-state index is 13.1. The van der Waals surface area contributed by atoms with Crippen molar-refractivity contribution in [3.8, 4) is 0 Å². The quantitative estimate of drug-likeness (QED) is 0.586. The van der Waals surface area contributed by atoms with Crippen molar-refractivity contribution in [1.29, 1.82) is 0 Å². The lowest BCUT2D eigenvalue weighted by atomic mass is 9.77. The molecular weight excluding hydrogens is 374 g/mol. The van der Waals surface area contributed by atoms with Crippen LogP contribution in [0, 0.1) is 11.8 Å². The zero-order chi connectivity index (χ0) is 17.1. The Morgan fingerprint density at radius 2 is 2.12 bits per heavy atom. The Morgan fingerprint density at radius 1 is 1.42 bits per heavy atom. The molecule has 0 N–H and O–H groups in total. The highest BCUT2D eigenvalue weighted by molar-refractivity contribution is 9.10. The van der Waals surface area contributed by atoms with Crippen molar-refractivity contribution >= 4 is 27.8 Å². The van der Waals surface area contributed by atoms with Crippen LogP contribution in [0.5, 0.6) is 0 Å². The minimum absolute atomic E-state index is 0.0346. The van der Waals surface area contributed by atoms with Gasteiger partial charge in [0.25, 0.3) is 0 Å². The number of likely N-dealkylation sites (tertiary alicyclic amines) is 1. The number of ether oxygens (including phenoxy) is 2. The second kappa shape index (κ2) is 5.43. The van der Waals surface area contributed by atoms with Crippen LogP contribution in [0.2, 0.25) is 0 Å². The van der Waals surface area contributed by atoms with Crippen LogP contribution in [0.4, 0.5) is 0 Å². The maximum absolute atomic E-state index is 13.1. The highest BCUT2D eigenvalue weighted by atomic mass is 79.9. The third kappa shape index (κ3) is 2.09. The van der Waals surface area contributed by atoms with E-state index in [2.05, 4.69) is 15.9 Å². The standard InChI is InChI=1S/C18H18BrNO4/c1-10(11-3-5-12(19)6-4-11)20-9-18-8-7-13(24-18)14(17(22)23-2)15(18)16(20)21/h3-8,10,13-15H,9H2,1-2H3/t10-,13-,14+,15-,18-/m1/s1. The van der Waals surface area contributed by atoms with Gasteiger partial charge in [0.15, 0.2) is 0 Å². The molecule has 1 aromatic carbocycles.